The summed E-state index contributed by atoms with van der Waals surface area (Å²) in [6.45, 7) is -0.0143. The lowest BCUT2D eigenvalue weighted by atomic mass is 10.1. The second-order valence-corrected chi connectivity index (χ2v) is 9.09. The number of fused-ring (bicyclic) bond motifs is 1. The van der Waals surface area contributed by atoms with E-state index in [0.29, 0.717) is 28.0 Å². The molecule has 170 valence electrons. The molecule has 0 spiro atoms. The largest absolute Gasteiger partial charge is 0.323 e. The van der Waals surface area contributed by atoms with Crippen LogP contribution in [-0.4, -0.2) is 38.9 Å². The summed E-state index contributed by atoms with van der Waals surface area (Å²) in [7, 11) is 0. The molecule has 0 radical (unpaired) electrons. The summed E-state index contributed by atoms with van der Waals surface area (Å²) in [5.74, 6) is 0.471. The molecule has 7 nitrogen and oxygen atoms in total. The van der Waals surface area contributed by atoms with Gasteiger partial charge in [0.1, 0.15) is 12.4 Å². The fourth-order valence-electron chi connectivity index (χ4n) is 3.80. The average Bonchev–Trinajstić information content (AvgIpc) is 3.25. The van der Waals surface area contributed by atoms with E-state index in [2.05, 4.69) is 15.5 Å². The Labute approximate surface area is 205 Å². The Bertz CT molecular complexity index is 1340. The highest BCUT2D eigenvalue weighted by Crippen LogP contribution is 2.30. The van der Waals surface area contributed by atoms with Crippen LogP contribution in [-0.2, 0) is 16.0 Å². The molecule has 4 aromatic rings. The van der Waals surface area contributed by atoms with Gasteiger partial charge in [0.15, 0.2) is 5.16 Å². The molecular formula is C25H20ClN5O2S. The molecule has 9 heteroatoms. The smallest absolute Gasteiger partial charge is 0.244 e. The number of aromatic nitrogens is 3. The monoisotopic (exact) mass is 489 g/mol. The highest BCUT2D eigenvalue weighted by molar-refractivity contribution is 7.99. The van der Waals surface area contributed by atoms with E-state index in [1.165, 1.54) is 16.7 Å². The first kappa shape index (κ1) is 22.2. The molecule has 0 aliphatic carbocycles. The number of benzene rings is 3. The van der Waals surface area contributed by atoms with E-state index in [0.717, 1.165) is 17.1 Å². The number of carbonyl (C=O) groups is 2. The number of amides is 2. The van der Waals surface area contributed by atoms with Crippen LogP contribution in [0.15, 0.2) is 84.0 Å². The third-order valence-electron chi connectivity index (χ3n) is 5.39. The van der Waals surface area contributed by atoms with Crippen molar-refractivity contribution in [3.63, 3.8) is 0 Å². The fourth-order valence-corrected chi connectivity index (χ4v) is 4.77. The molecule has 0 saturated carbocycles. The Hall–Kier alpha value is -3.62. The number of rotatable bonds is 6. The van der Waals surface area contributed by atoms with Crippen LogP contribution in [0.2, 0.25) is 5.02 Å². The van der Waals surface area contributed by atoms with Crippen LogP contribution >= 0.6 is 23.4 Å². The molecule has 0 unspecified atom stereocenters. The molecule has 1 aliphatic rings. The summed E-state index contributed by atoms with van der Waals surface area (Å²) in [5.41, 5.74) is 3.29. The van der Waals surface area contributed by atoms with Gasteiger partial charge >= 0.3 is 0 Å². The minimum atomic E-state index is -0.216. The molecule has 1 aliphatic heterocycles. The minimum absolute atomic E-state index is 0.0143. The summed E-state index contributed by atoms with van der Waals surface area (Å²) >= 11 is 7.38. The zero-order chi connectivity index (χ0) is 23.5. The zero-order valence-corrected chi connectivity index (χ0v) is 19.6. The van der Waals surface area contributed by atoms with Crippen LogP contribution in [0.3, 0.4) is 0 Å². The molecular weight excluding hydrogens is 470 g/mol. The number of hydrogen-bond acceptors (Lipinski definition) is 5. The van der Waals surface area contributed by atoms with Gasteiger partial charge < -0.3 is 10.2 Å². The molecule has 5 rings (SSSR count). The molecule has 2 heterocycles. The number of carbonyl (C=O) groups excluding carboxylic acids is 2. The number of anilines is 2. The second-order valence-electron chi connectivity index (χ2n) is 7.71. The third kappa shape index (κ3) is 4.69. The summed E-state index contributed by atoms with van der Waals surface area (Å²) in [4.78, 5) is 26.7. The van der Waals surface area contributed by atoms with E-state index in [9.17, 15) is 9.59 Å². The summed E-state index contributed by atoms with van der Waals surface area (Å²) < 4.78 is 1.94. The minimum Gasteiger partial charge on any atom is -0.323 e. The van der Waals surface area contributed by atoms with Gasteiger partial charge in [-0.1, -0.05) is 65.8 Å². The molecule has 34 heavy (non-hydrogen) atoms. The molecule has 2 amide bonds. The van der Waals surface area contributed by atoms with Gasteiger partial charge in [0.25, 0.3) is 0 Å². The van der Waals surface area contributed by atoms with Crippen molar-refractivity contribution in [1.82, 2.24) is 14.8 Å². The van der Waals surface area contributed by atoms with E-state index < -0.39 is 0 Å². The summed E-state index contributed by atoms with van der Waals surface area (Å²) in [6.07, 6.45) is 0.588. The molecule has 0 atom stereocenters. The van der Waals surface area contributed by atoms with Crippen LogP contribution in [0.25, 0.3) is 5.69 Å². The van der Waals surface area contributed by atoms with Crippen LogP contribution in [0.1, 0.15) is 11.4 Å². The highest BCUT2D eigenvalue weighted by Gasteiger charge is 2.27. The number of nitrogens with zero attached hydrogens (tertiary/aromatic N) is 4. The standard InChI is InChI=1S/C25H20ClN5O2S/c26-18-10-12-19(13-11-18)31-22(14-17-6-2-1-3-7-17)28-29-25(31)34-16-24(33)30-15-23(32)27-20-8-4-5-9-21(20)30/h1-13H,14-16H2,(H,27,32). The van der Waals surface area contributed by atoms with Crippen molar-refractivity contribution in [3.8, 4) is 5.69 Å². The molecule has 0 fully saturated rings. The lowest BCUT2D eigenvalue weighted by Gasteiger charge is -2.29. The Kier molecular flexibility index (Phi) is 6.33. The van der Waals surface area contributed by atoms with Gasteiger partial charge in [0.05, 0.1) is 17.1 Å². The number of hydrogen-bond donors (Lipinski definition) is 1. The number of halogens is 1. The first-order valence-electron chi connectivity index (χ1n) is 10.6. The zero-order valence-electron chi connectivity index (χ0n) is 18.0. The molecule has 0 saturated heterocycles. The maximum Gasteiger partial charge on any atom is 0.244 e. The van der Waals surface area contributed by atoms with Crippen molar-refractivity contribution in [2.45, 2.75) is 11.6 Å². The van der Waals surface area contributed by atoms with Crippen molar-refractivity contribution in [2.24, 2.45) is 0 Å². The first-order chi connectivity index (χ1) is 16.6. The van der Waals surface area contributed by atoms with Gasteiger partial charge in [-0.05, 0) is 42.0 Å². The average molecular weight is 490 g/mol. The van der Waals surface area contributed by atoms with Crippen LogP contribution in [0.4, 0.5) is 11.4 Å². The van der Waals surface area contributed by atoms with Crippen molar-refractivity contribution in [2.75, 3.05) is 22.5 Å². The Morgan fingerprint density at radius 1 is 0.971 bits per heavy atom. The Morgan fingerprint density at radius 2 is 1.71 bits per heavy atom. The highest BCUT2D eigenvalue weighted by atomic mass is 35.5. The van der Waals surface area contributed by atoms with Crippen molar-refractivity contribution < 1.29 is 9.59 Å². The lowest BCUT2D eigenvalue weighted by molar-refractivity contribution is -0.120. The molecule has 1 aromatic heterocycles. The SMILES string of the molecule is O=C1CN(C(=O)CSc2nnc(Cc3ccccc3)n2-c2ccc(Cl)cc2)c2ccccc2N1. The van der Waals surface area contributed by atoms with E-state index in [1.54, 1.807) is 6.07 Å². The predicted molar refractivity (Wildman–Crippen MR) is 134 cm³/mol. The van der Waals surface area contributed by atoms with Gasteiger partial charge in [-0.2, -0.15) is 0 Å². The quantitative estimate of drug-likeness (QED) is 0.401. The number of nitrogens with one attached hydrogen (secondary N) is 1. The number of para-hydroxylation sites is 2. The lowest BCUT2D eigenvalue weighted by Crippen LogP contribution is -2.43. The van der Waals surface area contributed by atoms with E-state index >= 15 is 0 Å². The van der Waals surface area contributed by atoms with Crippen molar-refractivity contribution >= 4 is 46.6 Å². The first-order valence-corrected chi connectivity index (χ1v) is 12.0. The van der Waals surface area contributed by atoms with Crippen molar-refractivity contribution in [3.05, 3.63) is 95.3 Å². The van der Waals surface area contributed by atoms with Crippen LogP contribution in [0, 0.1) is 0 Å². The maximum absolute atomic E-state index is 13.1. The topological polar surface area (TPSA) is 80.1 Å². The van der Waals surface area contributed by atoms with Gasteiger partial charge in [-0.15, -0.1) is 10.2 Å². The predicted octanol–water partition coefficient (Wildman–Crippen LogP) is 4.59. The van der Waals surface area contributed by atoms with Crippen LogP contribution < -0.4 is 10.2 Å². The summed E-state index contributed by atoms with van der Waals surface area (Å²) in [5, 5.41) is 12.8. The van der Waals surface area contributed by atoms with Gasteiger partial charge in [-0.25, -0.2) is 0 Å². The van der Waals surface area contributed by atoms with Crippen molar-refractivity contribution in [1.29, 1.82) is 0 Å². The third-order valence-corrected chi connectivity index (χ3v) is 6.55. The second kappa shape index (κ2) is 9.70. The van der Waals surface area contributed by atoms with Gasteiger partial charge in [0.2, 0.25) is 11.8 Å². The normalized spacial score (nSPS) is 12.9. The van der Waals surface area contributed by atoms with Gasteiger partial charge in [0, 0.05) is 17.1 Å². The molecule has 3 aromatic carbocycles. The molecule has 1 N–H and O–H groups in total. The molecule has 0 bridgehead atoms. The van der Waals surface area contributed by atoms with E-state index in [1.807, 2.05) is 77.4 Å². The van der Waals surface area contributed by atoms with E-state index in [-0.39, 0.29) is 24.1 Å². The number of thioether (sulfide) groups is 1. The Morgan fingerprint density at radius 3 is 2.50 bits per heavy atom. The van der Waals surface area contributed by atoms with E-state index in [4.69, 9.17) is 11.6 Å². The Balaban J connectivity index is 1.41. The van der Waals surface area contributed by atoms with Gasteiger partial charge in [-0.3, -0.25) is 14.2 Å². The van der Waals surface area contributed by atoms with Crippen LogP contribution in [0.5, 0.6) is 0 Å². The fraction of sp³-hybridized carbons (Fsp3) is 0.120. The maximum atomic E-state index is 13.1. The summed E-state index contributed by atoms with van der Waals surface area (Å²) in [6, 6.07) is 24.7.